The molecule has 0 atom stereocenters. The van der Waals surface area contributed by atoms with Crippen molar-refractivity contribution in [1.29, 1.82) is 0 Å². The van der Waals surface area contributed by atoms with E-state index in [1.165, 1.54) is 25.8 Å². The van der Waals surface area contributed by atoms with Crippen LogP contribution in [-0.4, -0.2) is 86.0 Å². The number of rotatable bonds is 4. The van der Waals surface area contributed by atoms with Crippen molar-refractivity contribution in [1.82, 2.24) is 20.0 Å². The quantitative estimate of drug-likeness (QED) is 0.423. The zero-order valence-electron chi connectivity index (χ0n) is 14.1. The molecule has 1 aromatic heterocycles. The Hall–Kier alpha value is -1.29. The van der Waals surface area contributed by atoms with Crippen LogP contribution in [0.15, 0.2) is 27.8 Å². The number of hydrogen-bond donors (Lipinski definition) is 1. The van der Waals surface area contributed by atoms with E-state index < -0.39 is 0 Å². The molecule has 1 aromatic rings. The lowest BCUT2D eigenvalue weighted by molar-refractivity contribution is 0.0657. The number of nitrogens with one attached hydrogen (secondary N) is 1. The molecule has 1 N–H and O–H groups in total. The van der Waals surface area contributed by atoms with Gasteiger partial charge in [-0.1, -0.05) is 0 Å². The largest absolute Gasteiger partial charge is 0.459 e. The molecule has 3 heterocycles. The Morgan fingerprint density at radius 1 is 1.21 bits per heavy atom. The Bertz CT molecular complexity index is 537. The maximum Gasteiger partial charge on any atom is 0.289 e. The number of carbonyl (C=O) groups excluding carboxylic acids is 1. The van der Waals surface area contributed by atoms with Gasteiger partial charge < -0.3 is 24.4 Å². The lowest BCUT2D eigenvalue weighted by Crippen LogP contribution is -2.54. The molecule has 3 rings (SSSR count). The van der Waals surface area contributed by atoms with Crippen LogP contribution in [0.1, 0.15) is 17.0 Å². The highest BCUT2D eigenvalue weighted by Gasteiger charge is 2.25. The van der Waals surface area contributed by atoms with Crippen LogP contribution in [0.4, 0.5) is 0 Å². The number of nitrogens with zero attached hydrogens (tertiary/aromatic N) is 4. The highest BCUT2D eigenvalue weighted by atomic mass is 127. The first-order valence-electron chi connectivity index (χ1n) is 8.28. The number of furan rings is 1. The van der Waals surface area contributed by atoms with Crippen LogP contribution < -0.4 is 5.32 Å². The molecule has 2 aliphatic heterocycles. The van der Waals surface area contributed by atoms with E-state index in [4.69, 9.17) is 4.42 Å². The summed E-state index contributed by atoms with van der Waals surface area (Å²) in [6.07, 6.45) is 2.85. The molecular weight excluding hydrogens is 421 g/mol. The first-order valence-corrected chi connectivity index (χ1v) is 8.28. The number of guanidine groups is 1. The van der Waals surface area contributed by atoms with E-state index in [9.17, 15) is 4.79 Å². The first kappa shape index (κ1) is 19.0. The van der Waals surface area contributed by atoms with Crippen LogP contribution in [0.25, 0.3) is 0 Å². The summed E-state index contributed by atoms with van der Waals surface area (Å²) in [5.74, 6) is 1.31. The summed E-state index contributed by atoms with van der Waals surface area (Å²) in [6.45, 7) is 7.36. The highest BCUT2D eigenvalue weighted by molar-refractivity contribution is 14.0. The third-order valence-electron chi connectivity index (χ3n) is 4.47. The fourth-order valence-corrected chi connectivity index (χ4v) is 2.94. The monoisotopic (exact) mass is 447 g/mol. The second-order valence-corrected chi connectivity index (χ2v) is 5.93. The zero-order chi connectivity index (χ0) is 16.1. The summed E-state index contributed by atoms with van der Waals surface area (Å²) in [5, 5.41) is 3.42. The Labute approximate surface area is 160 Å². The van der Waals surface area contributed by atoms with Crippen molar-refractivity contribution < 1.29 is 9.21 Å². The standard InChI is InChI=1S/C16H25N5O2.HI/c1-17-16(18-5-8-19-6-3-7-19)21-11-9-20(10-12-21)15(22)14-4-2-13-23-14;/h2,4,13H,3,5-12H2,1H3,(H,17,18);1H. The van der Waals surface area contributed by atoms with Gasteiger partial charge in [0.2, 0.25) is 0 Å². The average molecular weight is 447 g/mol. The topological polar surface area (TPSA) is 64.3 Å². The van der Waals surface area contributed by atoms with Gasteiger partial charge in [-0.2, -0.15) is 0 Å². The van der Waals surface area contributed by atoms with Crippen molar-refractivity contribution in [2.45, 2.75) is 6.42 Å². The van der Waals surface area contributed by atoms with Crippen LogP contribution in [0.3, 0.4) is 0 Å². The van der Waals surface area contributed by atoms with Gasteiger partial charge in [0.1, 0.15) is 0 Å². The van der Waals surface area contributed by atoms with Crippen LogP contribution in [0.2, 0.25) is 0 Å². The molecule has 2 saturated heterocycles. The fourth-order valence-electron chi connectivity index (χ4n) is 2.94. The SMILES string of the molecule is CN=C(NCCN1CCC1)N1CCN(C(=O)c2ccco2)CC1.I. The van der Waals surface area contributed by atoms with Crippen molar-refractivity contribution >= 4 is 35.8 Å². The summed E-state index contributed by atoms with van der Waals surface area (Å²) >= 11 is 0. The van der Waals surface area contributed by atoms with Crippen LogP contribution in [-0.2, 0) is 0 Å². The fraction of sp³-hybridized carbons (Fsp3) is 0.625. The summed E-state index contributed by atoms with van der Waals surface area (Å²) in [5.41, 5.74) is 0. The van der Waals surface area contributed by atoms with Gasteiger partial charge in [-0.05, 0) is 31.6 Å². The molecule has 0 aromatic carbocycles. The molecule has 134 valence electrons. The van der Waals surface area contributed by atoms with E-state index in [2.05, 4.69) is 20.1 Å². The van der Waals surface area contributed by atoms with Crippen LogP contribution >= 0.6 is 24.0 Å². The predicted octanol–water partition coefficient (Wildman–Crippen LogP) is 0.937. The van der Waals surface area contributed by atoms with E-state index in [0.29, 0.717) is 18.8 Å². The maximum absolute atomic E-state index is 12.3. The van der Waals surface area contributed by atoms with Crippen molar-refractivity contribution in [2.75, 3.05) is 59.4 Å². The molecule has 0 spiro atoms. The number of aliphatic imine (C=N–C) groups is 1. The Morgan fingerprint density at radius 3 is 2.46 bits per heavy atom. The Morgan fingerprint density at radius 2 is 1.92 bits per heavy atom. The molecule has 2 fully saturated rings. The van der Waals surface area contributed by atoms with E-state index in [0.717, 1.165) is 32.1 Å². The Kier molecular flexibility index (Phi) is 7.35. The molecule has 0 saturated carbocycles. The van der Waals surface area contributed by atoms with Gasteiger partial charge in [-0.15, -0.1) is 24.0 Å². The summed E-state index contributed by atoms with van der Waals surface area (Å²) in [4.78, 5) is 23.1. The minimum atomic E-state index is -0.0321. The normalized spacial score (nSPS) is 18.8. The van der Waals surface area contributed by atoms with Crippen LogP contribution in [0.5, 0.6) is 0 Å². The number of piperazine rings is 1. The van der Waals surface area contributed by atoms with Crippen molar-refractivity contribution in [3.8, 4) is 0 Å². The minimum absolute atomic E-state index is 0. The molecule has 0 aliphatic carbocycles. The molecule has 8 heteroatoms. The number of carbonyl (C=O) groups is 1. The van der Waals surface area contributed by atoms with Gasteiger partial charge in [-0.3, -0.25) is 9.79 Å². The number of hydrogen-bond acceptors (Lipinski definition) is 4. The zero-order valence-corrected chi connectivity index (χ0v) is 16.4. The molecule has 1 amide bonds. The summed E-state index contributed by atoms with van der Waals surface area (Å²) in [7, 11) is 1.81. The average Bonchev–Trinajstić information content (AvgIpc) is 3.07. The number of halogens is 1. The van der Waals surface area contributed by atoms with Gasteiger partial charge in [0.15, 0.2) is 11.7 Å². The maximum atomic E-state index is 12.3. The van der Waals surface area contributed by atoms with Gasteiger partial charge >= 0.3 is 0 Å². The molecular formula is C16H26IN5O2. The highest BCUT2D eigenvalue weighted by Crippen LogP contribution is 2.09. The first-order chi connectivity index (χ1) is 11.3. The van der Waals surface area contributed by atoms with Gasteiger partial charge in [-0.25, -0.2) is 0 Å². The third kappa shape index (κ3) is 4.62. The number of amides is 1. The van der Waals surface area contributed by atoms with Crippen LogP contribution in [0, 0.1) is 0 Å². The van der Waals surface area contributed by atoms with Gasteiger partial charge in [0.05, 0.1) is 6.26 Å². The second kappa shape index (κ2) is 9.26. The lowest BCUT2D eigenvalue weighted by Gasteiger charge is -2.36. The second-order valence-electron chi connectivity index (χ2n) is 5.93. The molecule has 24 heavy (non-hydrogen) atoms. The van der Waals surface area contributed by atoms with E-state index >= 15 is 0 Å². The summed E-state index contributed by atoms with van der Waals surface area (Å²) < 4.78 is 5.19. The molecule has 0 unspecified atom stereocenters. The molecule has 7 nitrogen and oxygen atoms in total. The van der Waals surface area contributed by atoms with E-state index in [1.807, 2.05) is 11.9 Å². The lowest BCUT2D eigenvalue weighted by atomic mass is 10.2. The van der Waals surface area contributed by atoms with Crippen molar-refractivity contribution in [3.05, 3.63) is 24.2 Å². The van der Waals surface area contributed by atoms with Crippen molar-refractivity contribution in [3.63, 3.8) is 0 Å². The molecule has 0 radical (unpaired) electrons. The summed E-state index contributed by atoms with van der Waals surface area (Å²) in [6, 6.07) is 3.46. The Balaban J connectivity index is 0.00000208. The van der Waals surface area contributed by atoms with E-state index in [1.54, 1.807) is 12.1 Å². The van der Waals surface area contributed by atoms with Gasteiger partial charge in [0.25, 0.3) is 5.91 Å². The predicted molar refractivity (Wildman–Crippen MR) is 104 cm³/mol. The number of likely N-dealkylation sites (tertiary alicyclic amines) is 1. The third-order valence-corrected chi connectivity index (χ3v) is 4.47. The van der Waals surface area contributed by atoms with Crippen molar-refractivity contribution in [2.24, 2.45) is 4.99 Å². The molecule has 2 aliphatic rings. The molecule has 0 bridgehead atoms. The smallest absolute Gasteiger partial charge is 0.289 e. The minimum Gasteiger partial charge on any atom is -0.459 e. The van der Waals surface area contributed by atoms with E-state index in [-0.39, 0.29) is 29.9 Å². The van der Waals surface area contributed by atoms with Gasteiger partial charge in [0, 0.05) is 46.3 Å².